The lowest BCUT2D eigenvalue weighted by molar-refractivity contribution is 0.125. The quantitative estimate of drug-likeness (QED) is 0.627. The molecule has 0 bridgehead atoms. The van der Waals surface area contributed by atoms with Crippen molar-refractivity contribution in [2.45, 2.75) is 50.9 Å². The van der Waals surface area contributed by atoms with Gasteiger partial charge in [-0.15, -0.1) is 0 Å². The van der Waals surface area contributed by atoms with E-state index < -0.39 is 0 Å². The summed E-state index contributed by atoms with van der Waals surface area (Å²) in [7, 11) is 0. The van der Waals surface area contributed by atoms with E-state index in [2.05, 4.69) is 56.5 Å². The van der Waals surface area contributed by atoms with Crippen molar-refractivity contribution < 1.29 is 4.79 Å². The van der Waals surface area contributed by atoms with Crippen molar-refractivity contribution in [2.24, 2.45) is 0 Å². The SMILES string of the molecule is CCc1ccccc1NC(=O)NC1CCCN(C2CC(c3ccncc3)NN2)C1. The number of carbonyl (C=O) groups excluding carboxylic acids is 1. The van der Waals surface area contributed by atoms with Crippen LogP contribution in [0.25, 0.3) is 0 Å². The van der Waals surface area contributed by atoms with Crippen molar-refractivity contribution in [3.63, 3.8) is 0 Å². The summed E-state index contributed by atoms with van der Waals surface area (Å²) in [6.07, 6.45) is 7.91. The highest BCUT2D eigenvalue weighted by Crippen LogP contribution is 2.25. The summed E-state index contributed by atoms with van der Waals surface area (Å²) in [6.45, 7) is 3.99. The molecule has 2 amide bonds. The molecule has 2 saturated heterocycles. The van der Waals surface area contributed by atoms with Crippen molar-refractivity contribution in [1.82, 2.24) is 26.1 Å². The molecule has 0 aliphatic carbocycles. The highest BCUT2D eigenvalue weighted by molar-refractivity contribution is 5.90. The highest BCUT2D eigenvalue weighted by Gasteiger charge is 2.32. The summed E-state index contributed by atoms with van der Waals surface area (Å²) in [5.41, 5.74) is 10.1. The number of piperidine rings is 1. The number of nitrogens with one attached hydrogen (secondary N) is 4. The topological polar surface area (TPSA) is 81.3 Å². The lowest BCUT2D eigenvalue weighted by atomic mass is 10.0. The molecule has 154 valence electrons. The van der Waals surface area contributed by atoms with Gasteiger partial charge in [0.2, 0.25) is 0 Å². The number of pyridine rings is 1. The van der Waals surface area contributed by atoms with Gasteiger partial charge in [-0.3, -0.25) is 9.88 Å². The third kappa shape index (κ3) is 4.93. The molecule has 0 saturated carbocycles. The van der Waals surface area contributed by atoms with Crippen molar-refractivity contribution in [1.29, 1.82) is 0 Å². The number of carbonyl (C=O) groups is 1. The Labute approximate surface area is 172 Å². The normalized spacial score (nSPS) is 24.9. The lowest BCUT2D eigenvalue weighted by Crippen LogP contribution is -2.54. The molecule has 3 unspecified atom stereocenters. The van der Waals surface area contributed by atoms with Gasteiger partial charge in [-0.1, -0.05) is 25.1 Å². The van der Waals surface area contributed by atoms with Gasteiger partial charge in [-0.25, -0.2) is 15.6 Å². The number of aromatic nitrogens is 1. The van der Waals surface area contributed by atoms with Gasteiger partial charge in [-0.05, 0) is 61.6 Å². The van der Waals surface area contributed by atoms with E-state index in [-0.39, 0.29) is 24.3 Å². The van der Waals surface area contributed by atoms with Crippen LogP contribution in [0.4, 0.5) is 10.5 Å². The molecule has 1 aromatic carbocycles. The molecule has 0 spiro atoms. The molecule has 2 aliphatic heterocycles. The van der Waals surface area contributed by atoms with Gasteiger partial charge < -0.3 is 10.6 Å². The van der Waals surface area contributed by atoms with Crippen LogP contribution < -0.4 is 21.5 Å². The molecular weight excluding hydrogens is 364 g/mol. The number of rotatable bonds is 5. The molecule has 2 fully saturated rings. The van der Waals surface area contributed by atoms with E-state index in [4.69, 9.17) is 0 Å². The van der Waals surface area contributed by atoms with E-state index >= 15 is 0 Å². The minimum Gasteiger partial charge on any atom is -0.334 e. The van der Waals surface area contributed by atoms with Crippen molar-refractivity contribution >= 4 is 11.7 Å². The Morgan fingerprint density at radius 3 is 2.86 bits per heavy atom. The number of amides is 2. The number of hydrogen-bond acceptors (Lipinski definition) is 5. The maximum Gasteiger partial charge on any atom is 0.319 e. The molecule has 0 radical (unpaired) electrons. The Morgan fingerprint density at radius 2 is 2.03 bits per heavy atom. The van der Waals surface area contributed by atoms with Crippen LogP contribution >= 0.6 is 0 Å². The Balaban J connectivity index is 1.30. The Hall–Kier alpha value is -2.48. The first-order valence-electron chi connectivity index (χ1n) is 10.5. The lowest BCUT2D eigenvalue weighted by Gasteiger charge is -2.36. The third-order valence-electron chi connectivity index (χ3n) is 5.87. The fourth-order valence-electron chi connectivity index (χ4n) is 4.30. The molecule has 4 N–H and O–H groups in total. The van der Waals surface area contributed by atoms with Gasteiger partial charge >= 0.3 is 6.03 Å². The monoisotopic (exact) mass is 394 g/mol. The first kappa shape index (κ1) is 19.8. The van der Waals surface area contributed by atoms with Gasteiger partial charge in [0.15, 0.2) is 0 Å². The summed E-state index contributed by atoms with van der Waals surface area (Å²) in [5, 5.41) is 6.19. The molecule has 2 aromatic rings. The number of anilines is 1. The number of likely N-dealkylation sites (tertiary alicyclic amines) is 1. The molecule has 7 nitrogen and oxygen atoms in total. The van der Waals surface area contributed by atoms with Gasteiger partial charge in [0.05, 0.1) is 6.17 Å². The molecule has 1 aromatic heterocycles. The van der Waals surface area contributed by atoms with Crippen LogP contribution in [0, 0.1) is 0 Å². The molecule has 3 heterocycles. The second-order valence-corrected chi connectivity index (χ2v) is 7.82. The van der Waals surface area contributed by atoms with Crippen LogP contribution in [0.5, 0.6) is 0 Å². The standard InChI is InChI=1S/C22H30N6O/c1-2-16-6-3-4-8-19(16)25-22(29)24-18-7-5-13-28(15-18)21-14-20(26-27-21)17-9-11-23-12-10-17/h3-4,6,8-12,18,20-21,26-27H,2,5,7,13-15H2,1H3,(H2,24,25,29). The molecule has 3 atom stereocenters. The van der Waals surface area contributed by atoms with Gasteiger partial charge in [0.25, 0.3) is 0 Å². The number of nitrogens with zero attached hydrogens (tertiary/aromatic N) is 2. The van der Waals surface area contributed by atoms with Crippen molar-refractivity contribution in [3.05, 3.63) is 59.9 Å². The van der Waals surface area contributed by atoms with E-state index in [1.165, 1.54) is 5.56 Å². The van der Waals surface area contributed by atoms with Crippen LogP contribution in [0.15, 0.2) is 48.8 Å². The largest absolute Gasteiger partial charge is 0.334 e. The zero-order valence-corrected chi connectivity index (χ0v) is 16.9. The van der Waals surface area contributed by atoms with Gasteiger partial charge in [-0.2, -0.15) is 0 Å². The first-order chi connectivity index (χ1) is 14.2. The average Bonchev–Trinajstić information content (AvgIpc) is 3.25. The zero-order valence-electron chi connectivity index (χ0n) is 16.9. The minimum atomic E-state index is -0.120. The Morgan fingerprint density at radius 1 is 1.21 bits per heavy atom. The van der Waals surface area contributed by atoms with Crippen molar-refractivity contribution in [3.8, 4) is 0 Å². The van der Waals surface area contributed by atoms with Crippen LogP contribution in [0.3, 0.4) is 0 Å². The third-order valence-corrected chi connectivity index (χ3v) is 5.87. The summed E-state index contributed by atoms with van der Waals surface area (Å²) >= 11 is 0. The number of hydrogen-bond donors (Lipinski definition) is 4. The Bertz CT molecular complexity index is 814. The maximum atomic E-state index is 12.5. The van der Waals surface area contributed by atoms with Crippen molar-refractivity contribution in [2.75, 3.05) is 18.4 Å². The molecular formula is C22H30N6O. The summed E-state index contributed by atoms with van der Waals surface area (Å²) in [5.74, 6) is 0. The molecule has 4 rings (SSSR count). The second-order valence-electron chi connectivity index (χ2n) is 7.82. The predicted molar refractivity (Wildman–Crippen MR) is 114 cm³/mol. The van der Waals surface area contributed by atoms with E-state index in [1.807, 2.05) is 30.6 Å². The van der Waals surface area contributed by atoms with Crippen LogP contribution in [0.1, 0.15) is 43.4 Å². The molecule has 2 aliphatic rings. The minimum absolute atomic E-state index is 0.120. The number of aryl methyl sites for hydroxylation is 1. The highest BCUT2D eigenvalue weighted by atomic mass is 16.2. The van der Waals surface area contributed by atoms with Gasteiger partial charge in [0.1, 0.15) is 0 Å². The maximum absolute atomic E-state index is 12.5. The number of urea groups is 1. The number of para-hydroxylation sites is 1. The second kappa shape index (κ2) is 9.35. The fourth-order valence-corrected chi connectivity index (χ4v) is 4.30. The van der Waals surface area contributed by atoms with Crippen LogP contribution in [-0.2, 0) is 6.42 Å². The zero-order chi connectivity index (χ0) is 20.1. The molecule has 7 heteroatoms. The summed E-state index contributed by atoms with van der Waals surface area (Å²) in [4.78, 5) is 19.1. The van der Waals surface area contributed by atoms with E-state index in [9.17, 15) is 4.79 Å². The average molecular weight is 395 g/mol. The number of hydrazine groups is 1. The van der Waals surface area contributed by atoms with Gasteiger partial charge in [0, 0.05) is 36.7 Å². The van der Waals surface area contributed by atoms with Crippen LogP contribution in [0.2, 0.25) is 0 Å². The summed E-state index contributed by atoms with van der Waals surface area (Å²) in [6, 6.07) is 12.4. The summed E-state index contributed by atoms with van der Waals surface area (Å²) < 4.78 is 0. The first-order valence-corrected chi connectivity index (χ1v) is 10.5. The number of benzene rings is 1. The molecule has 29 heavy (non-hydrogen) atoms. The smallest absolute Gasteiger partial charge is 0.319 e. The van der Waals surface area contributed by atoms with E-state index in [1.54, 1.807) is 0 Å². The Kier molecular flexibility index (Phi) is 6.39. The van der Waals surface area contributed by atoms with E-state index in [0.29, 0.717) is 0 Å². The predicted octanol–water partition coefficient (Wildman–Crippen LogP) is 2.80. The van der Waals surface area contributed by atoms with Crippen LogP contribution in [-0.4, -0.2) is 41.2 Å². The van der Waals surface area contributed by atoms with E-state index in [0.717, 1.165) is 50.0 Å². The fraction of sp³-hybridized carbons (Fsp3) is 0.455.